The molecule has 1 fully saturated rings. The van der Waals surface area contributed by atoms with Crippen molar-refractivity contribution in [1.29, 1.82) is 0 Å². The molecule has 5 nitrogen and oxygen atoms in total. The Kier molecular flexibility index (Phi) is 8.37. The number of piperidine rings is 1. The molecular weight excluding hydrogens is 441 g/mol. The summed E-state index contributed by atoms with van der Waals surface area (Å²) >= 11 is 0. The summed E-state index contributed by atoms with van der Waals surface area (Å²) in [4.78, 5) is 17.3. The number of likely N-dealkylation sites (tertiary alicyclic amines) is 1. The van der Waals surface area contributed by atoms with Gasteiger partial charge in [-0.3, -0.25) is 9.80 Å². The maximum absolute atomic E-state index is 13.2. The van der Waals surface area contributed by atoms with E-state index >= 15 is 0 Å². The molecule has 35 heavy (non-hydrogen) atoms. The number of amides is 2. The van der Waals surface area contributed by atoms with Gasteiger partial charge in [0.2, 0.25) is 0 Å². The summed E-state index contributed by atoms with van der Waals surface area (Å²) in [6.45, 7) is 5.77. The number of nitrogens with zero attached hydrogens (tertiary/aromatic N) is 2. The van der Waals surface area contributed by atoms with Gasteiger partial charge in [-0.05, 0) is 79.7 Å². The van der Waals surface area contributed by atoms with Crippen LogP contribution >= 0.6 is 0 Å². The van der Waals surface area contributed by atoms with Crippen LogP contribution in [0.25, 0.3) is 0 Å². The van der Waals surface area contributed by atoms with Gasteiger partial charge in [0.1, 0.15) is 11.6 Å². The van der Waals surface area contributed by atoms with E-state index < -0.39 is 0 Å². The lowest BCUT2D eigenvalue weighted by Crippen LogP contribution is -2.40. The summed E-state index contributed by atoms with van der Waals surface area (Å²) in [5, 5.41) is 2.95. The molecule has 3 aromatic carbocycles. The van der Waals surface area contributed by atoms with E-state index in [2.05, 4.69) is 28.4 Å². The van der Waals surface area contributed by atoms with Gasteiger partial charge >= 0.3 is 6.03 Å². The van der Waals surface area contributed by atoms with Gasteiger partial charge in [-0.2, -0.15) is 0 Å². The number of hydrogen-bond acceptors (Lipinski definition) is 3. The molecule has 0 spiro atoms. The van der Waals surface area contributed by atoms with Gasteiger partial charge in [-0.25, -0.2) is 9.18 Å². The van der Waals surface area contributed by atoms with Crippen molar-refractivity contribution in [3.8, 4) is 5.75 Å². The molecule has 1 aliphatic rings. The number of carbonyl (C=O) groups excluding carboxylic acids is 1. The minimum atomic E-state index is -0.196. The van der Waals surface area contributed by atoms with Crippen LogP contribution in [-0.2, 0) is 13.1 Å². The van der Waals surface area contributed by atoms with Crippen LogP contribution in [0.1, 0.15) is 42.4 Å². The van der Waals surface area contributed by atoms with Gasteiger partial charge < -0.3 is 10.1 Å². The molecule has 0 bridgehead atoms. The fraction of sp³-hybridized carbons (Fsp3) is 0.345. The Bertz CT molecular complexity index is 1110. The van der Waals surface area contributed by atoms with E-state index in [9.17, 15) is 9.18 Å². The van der Waals surface area contributed by atoms with Crippen molar-refractivity contribution in [2.75, 3.05) is 31.6 Å². The number of benzene rings is 3. The van der Waals surface area contributed by atoms with Crippen LogP contribution in [0.2, 0.25) is 0 Å². The molecule has 1 heterocycles. The van der Waals surface area contributed by atoms with Crippen molar-refractivity contribution in [3.05, 3.63) is 95.3 Å². The van der Waals surface area contributed by atoms with Crippen LogP contribution in [0.3, 0.4) is 0 Å². The molecule has 3 aromatic rings. The first-order valence-electron chi connectivity index (χ1n) is 12.3. The average molecular weight is 476 g/mol. The third-order valence-electron chi connectivity index (χ3n) is 6.68. The molecule has 184 valence electrons. The van der Waals surface area contributed by atoms with E-state index in [-0.39, 0.29) is 11.8 Å². The van der Waals surface area contributed by atoms with E-state index in [1.54, 1.807) is 12.0 Å². The smallest absolute Gasteiger partial charge is 0.322 e. The highest BCUT2D eigenvalue weighted by Crippen LogP contribution is 2.34. The van der Waals surface area contributed by atoms with Crippen LogP contribution in [-0.4, -0.2) is 37.7 Å². The average Bonchev–Trinajstić information content (AvgIpc) is 2.89. The van der Waals surface area contributed by atoms with Gasteiger partial charge in [-0.15, -0.1) is 0 Å². The van der Waals surface area contributed by atoms with Gasteiger partial charge in [0.15, 0.2) is 0 Å². The summed E-state index contributed by atoms with van der Waals surface area (Å²) in [6.07, 6.45) is 2.10. The second kappa shape index (κ2) is 11.8. The first-order valence-corrected chi connectivity index (χ1v) is 12.3. The number of urea groups is 1. The van der Waals surface area contributed by atoms with Crippen molar-refractivity contribution in [1.82, 2.24) is 10.2 Å². The molecule has 1 N–H and O–H groups in total. The van der Waals surface area contributed by atoms with E-state index in [4.69, 9.17) is 4.74 Å². The summed E-state index contributed by atoms with van der Waals surface area (Å²) < 4.78 is 18.8. The Morgan fingerprint density at radius 3 is 2.43 bits per heavy atom. The molecule has 2 amide bonds. The van der Waals surface area contributed by atoms with E-state index in [1.165, 1.54) is 17.7 Å². The zero-order valence-corrected chi connectivity index (χ0v) is 20.5. The highest BCUT2D eigenvalue weighted by Gasteiger charge is 2.25. The molecule has 4 rings (SSSR count). The van der Waals surface area contributed by atoms with Gasteiger partial charge in [0, 0.05) is 13.1 Å². The molecule has 0 atom stereocenters. The molecular formula is C29H34FN3O2. The van der Waals surface area contributed by atoms with E-state index in [0.717, 1.165) is 49.3 Å². The summed E-state index contributed by atoms with van der Waals surface area (Å²) in [5.74, 6) is 0.911. The molecule has 0 saturated carbocycles. The van der Waals surface area contributed by atoms with E-state index in [1.807, 2.05) is 49.4 Å². The summed E-state index contributed by atoms with van der Waals surface area (Å²) in [7, 11) is 1.63. The molecule has 0 unspecified atom stereocenters. The second-order valence-electron chi connectivity index (χ2n) is 8.97. The maximum Gasteiger partial charge on any atom is 0.322 e. The third-order valence-corrected chi connectivity index (χ3v) is 6.68. The number of hydrogen-bond donors (Lipinski definition) is 1. The van der Waals surface area contributed by atoms with Crippen LogP contribution in [0, 0.1) is 5.82 Å². The zero-order valence-electron chi connectivity index (χ0n) is 20.5. The molecule has 1 saturated heterocycles. The molecule has 6 heteroatoms. The Morgan fingerprint density at radius 1 is 1.03 bits per heavy atom. The first-order chi connectivity index (χ1) is 17.1. The second-order valence-corrected chi connectivity index (χ2v) is 8.97. The van der Waals surface area contributed by atoms with Crippen LogP contribution in [0.4, 0.5) is 14.9 Å². The molecule has 0 aromatic heterocycles. The minimum absolute atomic E-state index is 0.138. The lowest BCUT2D eigenvalue weighted by molar-refractivity contribution is 0.204. The normalized spacial score (nSPS) is 14.5. The topological polar surface area (TPSA) is 44.8 Å². The Balaban J connectivity index is 1.50. The van der Waals surface area contributed by atoms with Crippen molar-refractivity contribution < 1.29 is 13.9 Å². The summed E-state index contributed by atoms with van der Waals surface area (Å²) in [5.41, 5.74) is 4.35. The van der Waals surface area contributed by atoms with Crippen molar-refractivity contribution in [2.24, 2.45) is 0 Å². The Hall–Kier alpha value is -3.38. The Morgan fingerprint density at radius 2 is 1.71 bits per heavy atom. The van der Waals surface area contributed by atoms with Gasteiger partial charge in [0.25, 0.3) is 0 Å². The monoisotopic (exact) mass is 475 g/mol. The standard InChI is InChI=1S/C29H34FN3O2/c1-3-31-29(34)33(27-10-6-7-11-28(27)35-2)21-24-8-4-5-9-26(24)23-16-18-32(19-17-23)20-22-12-14-25(30)15-13-22/h4-15,23H,3,16-21H2,1-2H3,(H,31,34). The number of halogens is 1. The summed E-state index contributed by atoms with van der Waals surface area (Å²) in [6, 6.07) is 22.7. The lowest BCUT2D eigenvalue weighted by atomic mass is 9.86. The Labute approximate surface area is 207 Å². The number of ether oxygens (including phenoxy) is 1. The number of anilines is 1. The number of methoxy groups -OCH3 is 1. The molecule has 0 radical (unpaired) electrons. The van der Waals surface area contributed by atoms with Crippen LogP contribution in [0.15, 0.2) is 72.8 Å². The van der Waals surface area contributed by atoms with Gasteiger partial charge in [0.05, 0.1) is 19.3 Å². The third kappa shape index (κ3) is 6.20. The highest BCUT2D eigenvalue weighted by molar-refractivity contribution is 5.93. The quantitative estimate of drug-likeness (QED) is 0.438. The van der Waals surface area contributed by atoms with E-state index in [0.29, 0.717) is 24.8 Å². The fourth-order valence-corrected chi connectivity index (χ4v) is 4.86. The molecule has 1 aliphatic heterocycles. The SMILES string of the molecule is CCNC(=O)N(Cc1ccccc1C1CCN(Cc2ccc(F)cc2)CC1)c1ccccc1OC. The first kappa shape index (κ1) is 24.7. The largest absolute Gasteiger partial charge is 0.495 e. The van der Waals surface area contributed by atoms with Gasteiger partial charge in [-0.1, -0.05) is 48.5 Å². The lowest BCUT2D eigenvalue weighted by Gasteiger charge is -2.34. The van der Waals surface area contributed by atoms with Crippen molar-refractivity contribution >= 4 is 11.7 Å². The van der Waals surface area contributed by atoms with Crippen molar-refractivity contribution in [2.45, 2.75) is 38.8 Å². The number of carbonyl (C=O) groups is 1. The number of rotatable bonds is 8. The highest BCUT2D eigenvalue weighted by atomic mass is 19.1. The maximum atomic E-state index is 13.2. The van der Waals surface area contributed by atoms with Crippen LogP contribution in [0.5, 0.6) is 5.75 Å². The number of nitrogens with one attached hydrogen (secondary N) is 1. The number of para-hydroxylation sites is 2. The fourth-order valence-electron chi connectivity index (χ4n) is 4.86. The minimum Gasteiger partial charge on any atom is -0.495 e. The molecule has 0 aliphatic carbocycles. The predicted octanol–water partition coefficient (Wildman–Crippen LogP) is 5.95. The van der Waals surface area contributed by atoms with Crippen molar-refractivity contribution in [3.63, 3.8) is 0 Å². The zero-order chi connectivity index (χ0) is 24.6. The predicted molar refractivity (Wildman–Crippen MR) is 138 cm³/mol. The van der Waals surface area contributed by atoms with Crippen LogP contribution < -0.4 is 15.0 Å².